The smallest absolute Gasteiger partial charge is 0.0347 e. The first-order valence-electron chi connectivity index (χ1n) is 3.06. The number of rotatable bonds is 5. The highest BCUT2D eigenvalue weighted by atomic mass is 13.9. The Kier molecular flexibility index (Phi) is 6.06. The third-order valence-electron chi connectivity index (χ3n) is 1.03. The molecule has 0 heterocycles. The maximum absolute atomic E-state index is 5.16. The average Bonchev–Trinajstić information content (AvgIpc) is 1.81. The summed E-state index contributed by atoms with van der Waals surface area (Å²) in [4.78, 5) is 0. The molecule has 0 aromatic carbocycles. The molecule has 0 nitrogen and oxygen atoms in total. The molecule has 0 aromatic heterocycles. The Balaban J connectivity index is 2.71. The first-order chi connectivity index (χ1) is 3.91. The zero-order chi connectivity index (χ0) is 6.24. The van der Waals surface area contributed by atoms with Crippen molar-refractivity contribution in [3.63, 3.8) is 0 Å². The van der Waals surface area contributed by atoms with Crippen molar-refractivity contribution in [3.8, 4) is 0 Å². The van der Waals surface area contributed by atoms with E-state index in [2.05, 4.69) is 6.58 Å². The van der Waals surface area contributed by atoms with Crippen molar-refractivity contribution in [1.82, 2.24) is 0 Å². The average molecular weight is 109 g/mol. The van der Waals surface area contributed by atoms with Gasteiger partial charge < -0.3 is 0 Å². The van der Waals surface area contributed by atoms with E-state index in [1.54, 1.807) is 6.08 Å². The summed E-state index contributed by atoms with van der Waals surface area (Å²) in [6.45, 7) is 8.78. The molecule has 0 amide bonds. The Hall–Kier alpha value is -0.520. The van der Waals surface area contributed by atoms with E-state index < -0.39 is 0 Å². The maximum atomic E-state index is 5.16. The van der Waals surface area contributed by atoms with Gasteiger partial charge in [-0.25, -0.2) is 0 Å². The van der Waals surface area contributed by atoms with Gasteiger partial charge in [0.2, 0.25) is 0 Å². The van der Waals surface area contributed by atoms with E-state index in [1.165, 1.54) is 12.8 Å². The van der Waals surface area contributed by atoms with Gasteiger partial charge in [0.1, 0.15) is 0 Å². The lowest BCUT2D eigenvalue weighted by molar-refractivity contribution is 0.763. The summed E-state index contributed by atoms with van der Waals surface area (Å²) in [6, 6.07) is 0. The summed E-state index contributed by atoms with van der Waals surface area (Å²) in [5.74, 6) is 0. The largest absolute Gasteiger partial charge is 0.103 e. The van der Waals surface area contributed by atoms with Crippen molar-refractivity contribution in [2.75, 3.05) is 0 Å². The molecule has 0 rings (SSSR count). The molecule has 0 saturated heterocycles. The van der Waals surface area contributed by atoms with Crippen LogP contribution in [0.15, 0.2) is 18.7 Å². The molecule has 0 unspecified atom stereocenters. The van der Waals surface area contributed by atoms with E-state index in [0.717, 1.165) is 12.8 Å². The van der Waals surface area contributed by atoms with Gasteiger partial charge in [-0.15, -0.1) is 6.58 Å². The van der Waals surface area contributed by atoms with Crippen LogP contribution in [0.5, 0.6) is 0 Å². The second-order valence-corrected chi connectivity index (χ2v) is 1.81. The first-order valence-corrected chi connectivity index (χ1v) is 3.06. The summed E-state index contributed by atoms with van der Waals surface area (Å²) < 4.78 is 0. The van der Waals surface area contributed by atoms with Gasteiger partial charge in [0.25, 0.3) is 0 Å². The van der Waals surface area contributed by atoms with Crippen molar-refractivity contribution < 1.29 is 0 Å². The van der Waals surface area contributed by atoms with Gasteiger partial charge in [-0.2, -0.15) is 0 Å². The van der Waals surface area contributed by atoms with Gasteiger partial charge in [0.05, 0.1) is 0 Å². The van der Waals surface area contributed by atoms with Crippen LogP contribution >= 0.6 is 0 Å². The van der Waals surface area contributed by atoms with Crippen LogP contribution in [0.4, 0.5) is 0 Å². The minimum Gasteiger partial charge on any atom is -0.103 e. The summed E-state index contributed by atoms with van der Waals surface area (Å²) >= 11 is 0. The number of unbranched alkanes of at least 4 members (excludes halogenated alkanes) is 3. The third-order valence-corrected chi connectivity index (χ3v) is 1.03. The standard InChI is InChI=1S/C8H13/c1-3-5-7-8-6-4-2/h1,3-4H,2,5-8H2. The van der Waals surface area contributed by atoms with Crippen molar-refractivity contribution in [2.45, 2.75) is 25.7 Å². The SMILES string of the molecule is [CH]=CCCCCC=C. The molecule has 8 heavy (non-hydrogen) atoms. The summed E-state index contributed by atoms with van der Waals surface area (Å²) in [5.41, 5.74) is 0. The van der Waals surface area contributed by atoms with E-state index in [0.29, 0.717) is 0 Å². The fraction of sp³-hybridized carbons (Fsp3) is 0.500. The third kappa shape index (κ3) is 5.48. The minimum absolute atomic E-state index is 1.04. The zero-order valence-corrected chi connectivity index (χ0v) is 5.27. The Morgan fingerprint density at radius 3 is 2.38 bits per heavy atom. The molecule has 0 N–H and O–H groups in total. The van der Waals surface area contributed by atoms with Crippen LogP contribution in [0.25, 0.3) is 0 Å². The van der Waals surface area contributed by atoms with Crippen molar-refractivity contribution in [2.24, 2.45) is 0 Å². The molecule has 0 aliphatic heterocycles. The lowest BCUT2D eigenvalue weighted by atomic mass is 10.2. The molecule has 0 bridgehead atoms. The Morgan fingerprint density at radius 1 is 1.25 bits per heavy atom. The lowest BCUT2D eigenvalue weighted by Gasteiger charge is -1.89. The topological polar surface area (TPSA) is 0 Å². The predicted molar refractivity (Wildman–Crippen MR) is 37.5 cm³/mol. The highest BCUT2D eigenvalue weighted by Crippen LogP contribution is 1.98. The fourth-order valence-electron chi connectivity index (χ4n) is 0.551. The minimum atomic E-state index is 1.04. The van der Waals surface area contributed by atoms with Gasteiger partial charge >= 0.3 is 0 Å². The van der Waals surface area contributed by atoms with Crippen molar-refractivity contribution in [1.29, 1.82) is 0 Å². The van der Waals surface area contributed by atoms with Crippen LogP contribution in [0.2, 0.25) is 0 Å². The molecule has 0 heteroatoms. The molecule has 0 aliphatic rings. The highest BCUT2D eigenvalue weighted by Gasteiger charge is 1.79. The second-order valence-electron chi connectivity index (χ2n) is 1.81. The summed E-state index contributed by atoms with van der Waals surface area (Å²) in [6.07, 6.45) is 8.22. The predicted octanol–water partition coefficient (Wildman–Crippen LogP) is 2.72. The molecule has 0 saturated carbocycles. The fourth-order valence-corrected chi connectivity index (χ4v) is 0.551. The van der Waals surface area contributed by atoms with E-state index in [9.17, 15) is 0 Å². The van der Waals surface area contributed by atoms with Crippen LogP contribution < -0.4 is 0 Å². The Labute approximate surface area is 51.9 Å². The Morgan fingerprint density at radius 2 is 1.88 bits per heavy atom. The van der Waals surface area contributed by atoms with Crippen LogP contribution in [0, 0.1) is 6.58 Å². The number of allylic oxidation sites excluding steroid dienone is 2. The van der Waals surface area contributed by atoms with E-state index in [4.69, 9.17) is 6.58 Å². The molecular weight excluding hydrogens is 96.1 g/mol. The molecule has 0 spiro atoms. The van der Waals surface area contributed by atoms with Crippen molar-refractivity contribution in [3.05, 3.63) is 25.3 Å². The van der Waals surface area contributed by atoms with Crippen LogP contribution in [-0.4, -0.2) is 0 Å². The molecule has 45 valence electrons. The second kappa shape index (κ2) is 6.48. The van der Waals surface area contributed by atoms with Gasteiger partial charge in [0, 0.05) is 0 Å². The van der Waals surface area contributed by atoms with Gasteiger partial charge in [-0.3, -0.25) is 0 Å². The molecule has 0 atom stereocenters. The molecule has 0 aliphatic carbocycles. The molecule has 1 radical (unpaired) electrons. The van der Waals surface area contributed by atoms with E-state index in [1.807, 2.05) is 6.08 Å². The number of hydrogen-bond acceptors (Lipinski definition) is 0. The molecule has 0 fully saturated rings. The summed E-state index contributed by atoms with van der Waals surface area (Å²) in [7, 11) is 0. The first kappa shape index (κ1) is 7.48. The zero-order valence-electron chi connectivity index (χ0n) is 5.27. The molecule has 0 aromatic rings. The van der Waals surface area contributed by atoms with Gasteiger partial charge in [0.15, 0.2) is 0 Å². The van der Waals surface area contributed by atoms with Gasteiger partial charge in [-0.1, -0.05) is 18.7 Å². The highest BCUT2D eigenvalue weighted by molar-refractivity contribution is 4.68. The van der Waals surface area contributed by atoms with Crippen LogP contribution in [-0.2, 0) is 0 Å². The lowest BCUT2D eigenvalue weighted by Crippen LogP contribution is -1.69. The van der Waals surface area contributed by atoms with E-state index >= 15 is 0 Å². The van der Waals surface area contributed by atoms with Crippen LogP contribution in [0.1, 0.15) is 25.7 Å². The van der Waals surface area contributed by atoms with Crippen LogP contribution in [0.3, 0.4) is 0 Å². The van der Waals surface area contributed by atoms with Gasteiger partial charge in [-0.05, 0) is 25.7 Å². The van der Waals surface area contributed by atoms with Crippen molar-refractivity contribution >= 4 is 0 Å². The monoisotopic (exact) mass is 109 g/mol. The van der Waals surface area contributed by atoms with E-state index in [-0.39, 0.29) is 0 Å². The molecular formula is C8H13. The number of hydrogen-bond donors (Lipinski definition) is 0. The maximum Gasteiger partial charge on any atom is -0.0347 e. The Bertz CT molecular complexity index is 52.4. The normalized spacial score (nSPS) is 8.50. The quantitative estimate of drug-likeness (QED) is 0.376. The summed E-state index contributed by atoms with van der Waals surface area (Å²) in [5, 5.41) is 0.